The third-order valence-corrected chi connectivity index (χ3v) is 11.4. The van der Waals surface area contributed by atoms with E-state index in [1.54, 1.807) is 66.7 Å². The lowest BCUT2D eigenvalue weighted by molar-refractivity contribution is 0.301. The molecule has 0 amide bonds. The van der Waals surface area contributed by atoms with Gasteiger partial charge in [0.2, 0.25) is 16.9 Å². The van der Waals surface area contributed by atoms with Crippen LogP contribution in [0.4, 0.5) is 0 Å². The lowest BCUT2D eigenvalue weighted by atomic mass is 10.1. The number of aromatic nitrogens is 2. The average Bonchev–Trinajstić information content (AvgIpc) is 3.54. The van der Waals surface area contributed by atoms with E-state index in [1.807, 2.05) is 6.07 Å². The first-order valence-electron chi connectivity index (χ1n) is 15.9. The molecule has 52 heavy (non-hydrogen) atoms. The summed E-state index contributed by atoms with van der Waals surface area (Å²) in [5, 5.41) is 0.542. The minimum Gasteiger partial charge on any atom is -0.496 e. The Bertz CT molecular complexity index is 2400. The molecule has 272 valence electrons. The van der Waals surface area contributed by atoms with Crippen molar-refractivity contribution in [3.63, 3.8) is 0 Å². The Balaban J connectivity index is 1.27. The molecule has 0 fully saturated rings. The third-order valence-electron chi connectivity index (χ3n) is 8.11. The monoisotopic (exact) mass is 810 g/mol. The minimum atomic E-state index is -3.95. The van der Waals surface area contributed by atoms with E-state index in [0.717, 1.165) is 0 Å². The number of methoxy groups -OCH3 is 5. The second kappa shape index (κ2) is 15.8. The Morgan fingerprint density at radius 1 is 0.808 bits per heavy atom. The molecule has 0 atom stereocenters. The van der Waals surface area contributed by atoms with Crippen LogP contribution in [0.15, 0.2) is 96.5 Å². The fourth-order valence-electron chi connectivity index (χ4n) is 5.64. The number of ether oxygens (including phenoxy) is 6. The molecular formula is C37H35BrN2O10S2. The molecule has 0 aliphatic heterocycles. The first-order chi connectivity index (χ1) is 25.1. The van der Waals surface area contributed by atoms with Crippen molar-refractivity contribution in [1.29, 1.82) is 0 Å². The first-order valence-corrected chi connectivity index (χ1v) is 19.1. The molecule has 12 nitrogen and oxygen atoms in total. The van der Waals surface area contributed by atoms with Gasteiger partial charge in [-0.2, -0.15) is 0 Å². The van der Waals surface area contributed by atoms with Gasteiger partial charge in [-0.1, -0.05) is 45.9 Å². The second-order valence-electron chi connectivity index (χ2n) is 11.2. The van der Waals surface area contributed by atoms with Crippen molar-refractivity contribution in [2.75, 3.05) is 47.9 Å². The number of benzene rings is 4. The minimum absolute atomic E-state index is 0.0280. The molecule has 0 spiro atoms. The second-order valence-corrected chi connectivity index (χ2v) is 15.0. The third kappa shape index (κ3) is 7.12. The summed E-state index contributed by atoms with van der Waals surface area (Å²) in [5.74, 6) is 2.44. The van der Waals surface area contributed by atoms with Gasteiger partial charge in [0.25, 0.3) is 10.0 Å². The van der Waals surface area contributed by atoms with E-state index in [4.69, 9.17) is 32.8 Å². The summed E-state index contributed by atoms with van der Waals surface area (Å²) in [4.78, 5) is 18.9. The number of fused-ring (bicyclic) bond motifs is 2. The first kappa shape index (κ1) is 36.9. The summed E-state index contributed by atoms with van der Waals surface area (Å²) in [6.07, 6.45) is 1.14. The van der Waals surface area contributed by atoms with E-state index in [9.17, 15) is 13.2 Å². The molecule has 2 aromatic heterocycles. The lowest BCUT2D eigenvalue weighted by Crippen LogP contribution is -2.14. The van der Waals surface area contributed by atoms with Gasteiger partial charge in [0.15, 0.2) is 22.4 Å². The standard InChI is InChI=1S/C37H35BrN2O10S2/c1-44-24-20-28(45-2)32-29(21-24)50-34(22-17-30(46-3)35(48-5)31(18-22)47-4)36(33(32)41)49-15-8-9-16-51-37-39-26-13-6-7-14-27(26)40(37)52(42,43)25-12-10-11-23(38)19-25/h6-7,10-14,17-21H,8-9,15-16H2,1-5H3. The summed E-state index contributed by atoms with van der Waals surface area (Å²) >= 11 is 4.70. The Hall–Kier alpha value is -4.86. The highest BCUT2D eigenvalue weighted by atomic mass is 79.9. The van der Waals surface area contributed by atoms with Crippen LogP contribution in [-0.4, -0.2) is 65.3 Å². The molecule has 6 rings (SSSR count). The molecule has 0 aliphatic rings. The van der Waals surface area contributed by atoms with Crippen LogP contribution in [0.5, 0.6) is 34.5 Å². The molecule has 4 aromatic carbocycles. The molecule has 0 N–H and O–H groups in total. The summed E-state index contributed by atoms with van der Waals surface area (Å²) < 4.78 is 69.7. The molecule has 0 saturated carbocycles. The van der Waals surface area contributed by atoms with Crippen molar-refractivity contribution in [2.45, 2.75) is 22.9 Å². The van der Waals surface area contributed by atoms with Crippen molar-refractivity contribution in [3.05, 3.63) is 87.5 Å². The maximum absolute atomic E-state index is 14.1. The van der Waals surface area contributed by atoms with Gasteiger partial charge in [0.05, 0.1) is 58.1 Å². The number of hydrogen-bond acceptors (Lipinski definition) is 12. The van der Waals surface area contributed by atoms with E-state index in [0.29, 0.717) is 67.8 Å². The highest BCUT2D eigenvalue weighted by molar-refractivity contribution is 9.10. The zero-order chi connectivity index (χ0) is 37.0. The number of unbranched alkanes of at least 4 members (excludes halogenated alkanes) is 1. The van der Waals surface area contributed by atoms with Crippen LogP contribution in [0.2, 0.25) is 0 Å². The average molecular weight is 812 g/mol. The highest BCUT2D eigenvalue weighted by Gasteiger charge is 2.26. The Morgan fingerprint density at radius 3 is 2.21 bits per heavy atom. The largest absolute Gasteiger partial charge is 0.496 e. The van der Waals surface area contributed by atoms with E-state index < -0.39 is 15.5 Å². The Morgan fingerprint density at radius 2 is 1.54 bits per heavy atom. The van der Waals surface area contributed by atoms with Crippen LogP contribution in [-0.2, 0) is 10.0 Å². The van der Waals surface area contributed by atoms with Crippen LogP contribution >= 0.6 is 27.7 Å². The number of nitrogens with zero attached hydrogens (tertiary/aromatic N) is 2. The maximum Gasteiger partial charge on any atom is 0.270 e. The number of imidazole rings is 1. The van der Waals surface area contributed by atoms with E-state index in [-0.39, 0.29) is 39.7 Å². The van der Waals surface area contributed by atoms with Crippen LogP contribution in [0.1, 0.15) is 12.8 Å². The van der Waals surface area contributed by atoms with Gasteiger partial charge in [0.1, 0.15) is 22.5 Å². The van der Waals surface area contributed by atoms with Crippen LogP contribution in [0.25, 0.3) is 33.3 Å². The van der Waals surface area contributed by atoms with Gasteiger partial charge >= 0.3 is 0 Å². The SMILES string of the molecule is COc1cc(OC)c2c(=O)c(OCCCCSc3nc4ccccc4n3S(=O)(=O)c3cccc(Br)c3)c(-c3cc(OC)c(OC)c(OC)c3)oc2c1. The fraction of sp³-hybridized carbons (Fsp3) is 0.243. The van der Waals surface area contributed by atoms with Gasteiger partial charge in [-0.05, 0) is 55.3 Å². The molecule has 0 aliphatic carbocycles. The predicted molar refractivity (Wildman–Crippen MR) is 203 cm³/mol. The predicted octanol–water partition coefficient (Wildman–Crippen LogP) is 7.80. The van der Waals surface area contributed by atoms with Gasteiger partial charge in [-0.25, -0.2) is 17.4 Å². The summed E-state index contributed by atoms with van der Waals surface area (Å²) in [6.45, 7) is 0.152. The smallest absolute Gasteiger partial charge is 0.270 e. The molecule has 6 aromatic rings. The van der Waals surface area contributed by atoms with Gasteiger partial charge < -0.3 is 32.8 Å². The molecular weight excluding hydrogens is 776 g/mol. The Labute approximate surface area is 312 Å². The zero-order valence-corrected chi connectivity index (χ0v) is 32.1. The quantitative estimate of drug-likeness (QED) is 0.0739. The van der Waals surface area contributed by atoms with Crippen LogP contribution in [0, 0.1) is 0 Å². The van der Waals surface area contributed by atoms with E-state index in [2.05, 4.69) is 20.9 Å². The van der Waals surface area contributed by atoms with Crippen LogP contribution < -0.4 is 33.8 Å². The molecule has 0 bridgehead atoms. The van der Waals surface area contributed by atoms with Gasteiger partial charge in [-0.15, -0.1) is 0 Å². The van der Waals surface area contributed by atoms with Crippen molar-refractivity contribution < 1.29 is 41.3 Å². The number of thioether (sulfide) groups is 1. The van der Waals surface area contributed by atoms with Crippen molar-refractivity contribution >= 4 is 59.7 Å². The maximum atomic E-state index is 14.1. The lowest BCUT2D eigenvalue weighted by Gasteiger charge is -2.17. The number of halogens is 1. The van der Waals surface area contributed by atoms with Gasteiger partial charge in [-0.3, -0.25) is 4.79 Å². The number of rotatable bonds is 15. The Kier molecular flexibility index (Phi) is 11.2. The van der Waals surface area contributed by atoms with E-state index in [1.165, 1.54) is 51.3 Å². The molecule has 15 heteroatoms. The van der Waals surface area contributed by atoms with Crippen molar-refractivity contribution in [3.8, 4) is 45.8 Å². The summed E-state index contributed by atoms with van der Waals surface area (Å²) in [7, 11) is 3.50. The molecule has 0 unspecified atom stereocenters. The number of para-hydroxylation sites is 2. The summed E-state index contributed by atoms with van der Waals surface area (Å²) in [5.41, 5.74) is 1.30. The van der Waals surface area contributed by atoms with Crippen molar-refractivity contribution in [1.82, 2.24) is 8.96 Å². The summed E-state index contributed by atoms with van der Waals surface area (Å²) in [6, 6.07) is 20.2. The normalized spacial score (nSPS) is 11.5. The highest BCUT2D eigenvalue weighted by Crippen LogP contribution is 2.44. The number of hydrogen-bond donors (Lipinski definition) is 0. The molecule has 0 radical (unpaired) electrons. The van der Waals surface area contributed by atoms with Gasteiger partial charge in [0, 0.05) is 27.9 Å². The van der Waals surface area contributed by atoms with E-state index >= 15 is 0 Å². The van der Waals surface area contributed by atoms with Crippen LogP contribution in [0.3, 0.4) is 0 Å². The zero-order valence-electron chi connectivity index (χ0n) is 28.9. The molecule has 2 heterocycles. The fourth-order valence-corrected chi connectivity index (χ4v) is 8.94. The topological polar surface area (TPSA) is 138 Å². The molecule has 0 saturated heterocycles. The van der Waals surface area contributed by atoms with Crippen molar-refractivity contribution in [2.24, 2.45) is 0 Å².